The summed E-state index contributed by atoms with van der Waals surface area (Å²) in [6, 6.07) is 9.41. The fraction of sp³-hybridized carbons (Fsp3) is 0.647. The number of rotatable bonds is 6. The first-order chi connectivity index (χ1) is 9.70. The Kier molecular flexibility index (Phi) is 6.34. The molecule has 1 N–H and O–H groups in total. The van der Waals surface area contributed by atoms with Crippen LogP contribution < -0.4 is 5.32 Å². The summed E-state index contributed by atoms with van der Waals surface area (Å²) in [6.45, 7) is 7.95. The van der Waals surface area contributed by atoms with Crippen molar-refractivity contribution < 1.29 is 0 Å². The van der Waals surface area contributed by atoms with E-state index in [1.165, 1.54) is 37.9 Å². The monoisotopic (exact) mass is 294 g/mol. The molecule has 1 aliphatic heterocycles. The van der Waals surface area contributed by atoms with Crippen LogP contribution in [0.2, 0.25) is 5.02 Å². The molecule has 2 rings (SSSR count). The van der Waals surface area contributed by atoms with Crippen LogP contribution in [0.1, 0.15) is 51.1 Å². The number of hydrogen-bond acceptors (Lipinski definition) is 2. The van der Waals surface area contributed by atoms with E-state index in [1.54, 1.807) is 0 Å². The molecule has 0 spiro atoms. The van der Waals surface area contributed by atoms with Crippen LogP contribution in [0.15, 0.2) is 24.3 Å². The molecule has 2 nitrogen and oxygen atoms in total. The molecule has 3 heteroatoms. The number of nitrogens with one attached hydrogen (secondary N) is 1. The number of hydrogen-bond donors (Lipinski definition) is 1. The standard InChI is InChI=1S/C17H27ClN2/c1-3-19-17(15-8-6-9-16(18)13-15)10-12-20-11-5-4-7-14(20)2/h6,8-9,13-14,17,19H,3-5,7,10-12H2,1-2H3. The van der Waals surface area contributed by atoms with Crippen LogP contribution >= 0.6 is 11.6 Å². The highest BCUT2D eigenvalue weighted by molar-refractivity contribution is 6.30. The van der Waals surface area contributed by atoms with Crippen LogP contribution in [0.5, 0.6) is 0 Å². The molecule has 0 aliphatic carbocycles. The van der Waals surface area contributed by atoms with Gasteiger partial charge in [-0.15, -0.1) is 0 Å². The zero-order valence-corrected chi connectivity index (χ0v) is 13.5. The van der Waals surface area contributed by atoms with Gasteiger partial charge in [-0.05, 0) is 57.0 Å². The summed E-state index contributed by atoms with van der Waals surface area (Å²) in [6.07, 6.45) is 5.25. The molecule has 1 aromatic rings. The zero-order valence-electron chi connectivity index (χ0n) is 12.7. The van der Waals surface area contributed by atoms with Crippen molar-refractivity contribution in [2.45, 2.75) is 51.6 Å². The minimum atomic E-state index is 0.410. The van der Waals surface area contributed by atoms with Gasteiger partial charge in [-0.2, -0.15) is 0 Å². The van der Waals surface area contributed by atoms with Crippen molar-refractivity contribution in [2.24, 2.45) is 0 Å². The Hall–Kier alpha value is -0.570. The molecule has 20 heavy (non-hydrogen) atoms. The predicted molar refractivity (Wildman–Crippen MR) is 87.4 cm³/mol. The van der Waals surface area contributed by atoms with E-state index in [2.05, 4.69) is 36.2 Å². The highest BCUT2D eigenvalue weighted by Crippen LogP contribution is 2.23. The number of piperidine rings is 1. The van der Waals surface area contributed by atoms with Crippen molar-refractivity contribution in [3.63, 3.8) is 0 Å². The minimum absolute atomic E-state index is 0.410. The van der Waals surface area contributed by atoms with E-state index < -0.39 is 0 Å². The first-order valence-electron chi connectivity index (χ1n) is 7.93. The second-order valence-corrected chi connectivity index (χ2v) is 6.27. The SMILES string of the molecule is CCNC(CCN1CCCCC1C)c1cccc(Cl)c1. The van der Waals surface area contributed by atoms with Gasteiger partial charge < -0.3 is 10.2 Å². The molecule has 1 heterocycles. The molecule has 0 radical (unpaired) electrons. The maximum absolute atomic E-state index is 6.12. The third-order valence-electron chi connectivity index (χ3n) is 4.35. The van der Waals surface area contributed by atoms with E-state index in [0.29, 0.717) is 6.04 Å². The predicted octanol–water partition coefficient (Wildman–Crippen LogP) is 4.26. The van der Waals surface area contributed by atoms with Crippen molar-refractivity contribution in [2.75, 3.05) is 19.6 Å². The summed E-state index contributed by atoms with van der Waals surface area (Å²) in [5.41, 5.74) is 1.31. The summed E-state index contributed by atoms with van der Waals surface area (Å²) in [5.74, 6) is 0. The van der Waals surface area contributed by atoms with Crippen LogP contribution in [0, 0.1) is 0 Å². The first kappa shape index (κ1) is 15.8. The van der Waals surface area contributed by atoms with Gasteiger partial charge in [0.05, 0.1) is 0 Å². The first-order valence-corrected chi connectivity index (χ1v) is 8.31. The molecule has 0 aromatic heterocycles. The fourth-order valence-corrected chi connectivity index (χ4v) is 3.34. The molecule has 1 aliphatic rings. The maximum Gasteiger partial charge on any atom is 0.0409 e. The Bertz CT molecular complexity index is 408. The van der Waals surface area contributed by atoms with Gasteiger partial charge in [0.2, 0.25) is 0 Å². The smallest absolute Gasteiger partial charge is 0.0409 e. The molecule has 1 fully saturated rings. The second-order valence-electron chi connectivity index (χ2n) is 5.83. The summed E-state index contributed by atoms with van der Waals surface area (Å²) in [5, 5.41) is 4.43. The molecular formula is C17H27ClN2. The van der Waals surface area contributed by atoms with Crippen molar-refractivity contribution in [1.82, 2.24) is 10.2 Å². The van der Waals surface area contributed by atoms with Gasteiger partial charge in [-0.1, -0.05) is 37.1 Å². The summed E-state index contributed by atoms with van der Waals surface area (Å²) < 4.78 is 0. The van der Waals surface area contributed by atoms with Gasteiger partial charge in [0.1, 0.15) is 0 Å². The quantitative estimate of drug-likeness (QED) is 0.843. The topological polar surface area (TPSA) is 15.3 Å². The molecule has 2 unspecified atom stereocenters. The van der Waals surface area contributed by atoms with E-state index in [0.717, 1.165) is 24.0 Å². The van der Waals surface area contributed by atoms with Crippen molar-refractivity contribution in [3.05, 3.63) is 34.9 Å². The Labute approximate surface area is 128 Å². The lowest BCUT2D eigenvalue weighted by Gasteiger charge is -2.34. The van der Waals surface area contributed by atoms with E-state index in [1.807, 2.05) is 12.1 Å². The number of halogens is 1. The second kappa shape index (κ2) is 8.02. The Morgan fingerprint density at radius 1 is 1.40 bits per heavy atom. The van der Waals surface area contributed by atoms with Crippen molar-refractivity contribution in [1.29, 1.82) is 0 Å². The molecule has 2 atom stereocenters. The van der Waals surface area contributed by atoms with Gasteiger partial charge in [-0.25, -0.2) is 0 Å². The van der Waals surface area contributed by atoms with E-state index >= 15 is 0 Å². The lowest BCUT2D eigenvalue weighted by molar-refractivity contribution is 0.153. The number of nitrogens with zero attached hydrogens (tertiary/aromatic N) is 1. The minimum Gasteiger partial charge on any atom is -0.310 e. The highest BCUT2D eigenvalue weighted by Gasteiger charge is 2.19. The van der Waals surface area contributed by atoms with Gasteiger partial charge in [-0.3, -0.25) is 0 Å². The van der Waals surface area contributed by atoms with Gasteiger partial charge in [0, 0.05) is 23.7 Å². The molecule has 1 aromatic carbocycles. The molecule has 112 valence electrons. The van der Waals surface area contributed by atoms with Gasteiger partial charge in [0.15, 0.2) is 0 Å². The largest absolute Gasteiger partial charge is 0.310 e. The normalized spacial score (nSPS) is 21.9. The third kappa shape index (κ3) is 4.47. The van der Waals surface area contributed by atoms with Crippen LogP contribution in [0.25, 0.3) is 0 Å². The highest BCUT2D eigenvalue weighted by atomic mass is 35.5. The van der Waals surface area contributed by atoms with Crippen molar-refractivity contribution >= 4 is 11.6 Å². The molecule has 0 amide bonds. The zero-order chi connectivity index (χ0) is 14.4. The Morgan fingerprint density at radius 3 is 2.95 bits per heavy atom. The average molecular weight is 295 g/mol. The summed E-state index contributed by atoms with van der Waals surface area (Å²) >= 11 is 6.12. The van der Waals surface area contributed by atoms with E-state index in [9.17, 15) is 0 Å². The lowest BCUT2D eigenvalue weighted by Crippen LogP contribution is -2.39. The van der Waals surface area contributed by atoms with Gasteiger partial charge >= 0.3 is 0 Å². The van der Waals surface area contributed by atoms with Crippen LogP contribution in [0.3, 0.4) is 0 Å². The van der Waals surface area contributed by atoms with Crippen LogP contribution in [0.4, 0.5) is 0 Å². The molecule has 0 bridgehead atoms. The summed E-state index contributed by atoms with van der Waals surface area (Å²) in [7, 11) is 0. The van der Waals surface area contributed by atoms with E-state index in [-0.39, 0.29) is 0 Å². The fourth-order valence-electron chi connectivity index (χ4n) is 3.14. The Morgan fingerprint density at radius 2 is 2.25 bits per heavy atom. The third-order valence-corrected chi connectivity index (χ3v) is 4.58. The number of benzene rings is 1. The maximum atomic E-state index is 6.12. The van der Waals surface area contributed by atoms with Crippen molar-refractivity contribution in [3.8, 4) is 0 Å². The lowest BCUT2D eigenvalue weighted by atomic mass is 10.00. The van der Waals surface area contributed by atoms with Gasteiger partial charge in [0.25, 0.3) is 0 Å². The van der Waals surface area contributed by atoms with Crippen LogP contribution in [-0.4, -0.2) is 30.6 Å². The molecule has 0 saturated carbocycles. The Balaban J connectivity index is 1.95. The summed E-state index contributed by atoms with van der Waals surface area (Å²) in [4.78, 5) is 2.64. The molecular weight excluding hydrogens is 268 g/mol. The number of likely N-dealkylation sites (tertiary alicyclic amines) is 1. The average Bonchev–Trinajstić information content (AvgIpc) is 2.45. The molecule has 1 saturated heterocycles. The van der Waals surface area contributed by atoms with E-state index in [4.69, 9.17) is 11.6 Å². The van der Waals surface area contributed by atoms with Crippen LogP contribution in [-0.2, 0) is 0 Å².